The number of sulfone groups is 1. The third-order valence-corrected chi connectivity index (χ3v) is 6.26. The number of hydrogen-bond donors (Lipinski definition) is 2. The fourth-order valence-electron chi connectivity index (χ4n) is 2.78. The number of nitrogens with one attached hydrogen (secondary N) is 2. The molecular weight excluding hydrogens is 368 g/mol. The van der Waals surface area contributed by atoms with Gasteiger partial charge in [0.15, 0.2) is 16.4 Å². The Hall–Kier alpha value is -0.920. The molecule has 1 unspecified atom stereocenters. The Morgan fingerprint density at radius 1 is 1.36 bits per heavy atom. The van der Waals surface area contributed by atoms with Gasteiger partial charge in [0, 0.05) is 10.0 Å². The summed E-state index contributed by atoms with van der Waals surface area (Å²) < 4.78 is 24.1. The van der Waals surface area contributed by atoms with Crippen LogP contribution in [0.1, 0.15) is 18.9 Å². The van der Waals surface area contributed by atoms with E-state index in [1.807, 2.05) is 31.3 Å². The average molecular weight is 390 g/mol. The molecule has 7 heteroatoms. The normalized spacial score (nSPS) is 24.9. The fourth-order valence-corrected chi connectivity index (χ4v) is 5.13. The minimum Gasteiger partial charge on any atom is -0.345 e. The zero-order valence-electron chi connectivity index (χ0n) is 12.9. The van der Waals surface area contributed by atoms with E-state index in [4.69, 9.17) is 0 Å². The number of likely N-dealkylation sites (N-methyl/N-ethyl adjacent to an activating group) is 1. The maximum absolute atomic E-state index is 12.1. The first-order valence-electron chi connectivity index (χ1n) is 7.25. The number of carbonyl (C=O) groups excluding carboxylic acids is 1. The molecule has 1 amide bonds. The van der Waals surface area contributed by atoms with Gasteiger partial charge in [0.2, 0.25) is 0 Å². The second kappa shape index (κ2) is 6.68. The number of carbonyl (C=O) groups is 1. The van der Waals surface area contributed by atoms with E-state index in [2.05, 4.69) is 21.2 Å². The van der Waals surface area contributed by atoms with Crippen LogP contribution in [0.5, 0.6) is 0 Å². The summed E-state index contributed by atoms with van der Waals surface area (Å²) in [5, 5.41) is 2.89. The molecule has 0 aromatic heterocycles. The molecule has 0 bridgehead atoms. The van der Waals surface area contributed by atoms with Crippen LogP contribution in [0.3, 0.4) is 0 Å². The molecule has 1 aliphatic heterocycles. The zero-order valence-corrected chi connectivity index (χ0v) is 15.3. The second-order valence-corrected chi connectivity index (χ2v) is 9.49. The number of quaternary nitrogens is 1. The summed E-state index contributed by atoms with van der Waals surface area (Å²) in [4.78, 5) is 13.2. The first kappa shape index (κ1) is 17.4. The van der Waals surface area contributed by atoms with Gasteiger partial charge in [0.1, 0.15) is 6.54 Å². The van der Waals surface area contributed by atoms with Gasteiger partial charge in [-0.15, -0.1) is 0 Å². The van der Waals surface area contributed by atoms with E-state index >= 15 is 0 Å². The average Bonchev–Trinajstić information content (AvgIpc) is 2.65. The number of rotatable bonds is 5. The molecule has 5 nitrogen and oxygen atoms in total. The minimum absolute atomic E-state index is 0.0392. The quantitative estimate of drug-likeness (QED) is 0.753. The van der Waals surface area contributed by atoms with Crippen LogP contribution in [0.15, 0.2) is 28.7 Å². The smallest absolute Gasteiger partial charge is 0.275 e. The van der Waals surface area contributed by atoms with E-state index in [0.29, 0.717) is 13.0 Å². The van der Waals surface area contributed by atoms with E-state index in [9.17, 15) is 13.2 Å². The Morgan fingerprint density at radius 3 is 2.55 bits per heavy atom. The third kappa shape index (κ3) is 5.07. The molecule has 22 heavy (non-hydrogen) atoms. The first-order chi connectivity index (χ1) is 10.2. The first-order valence-corrected chi connectivity index (χ1v) is 9.86. The molecule has 1 aromatic carbocycles. The molecule has 1 heterocycles. The van der Waals surface area contributed by atoms with E-state index in [-0.39, 0.29) is 17.4 Å². The van der Waals surface area contributed by atoms with Crippen LogP contribution in [0, 0.1) is 0 Å². The Balaban J connectivity index is 1.85. The van der Waals surface area contributed by atoms with Gasteiger partial charge in [0.05, 0.1) is 24.1 Å². The van der Waals surface area contributed by atoms with E-state index in [0.717, 1.165) is 21.5 Å². The molecule has 2 rings (SSSR count). The van der Waals surface area contributed by atoms with Crippen LogP contribution < -0.4 is 10.2 Å². The summed E-state index contributed by atoms with van der Waals surface area (Å²) in [7, 11) is -1.05. The van der Waals surface area contributed by atoms with Crippen LogP contribution in [0.25, 0.3) is 0 Å². The summed E-state index contributed by atoms with van der Waals surface area (Å²) in [5.74, 6) is 0.0947. The minimum atomic E-state index is -3.01. The lowest BCUT2D eigenvalue weighted by Crippen LogP contribution is -3.09. The zero-order chi connectivity index (χ0) is 16.4. The number of amides is 1. The standard InChI is InChI=1S/C15H21BrN2O3S/c1-15(7-8-22(20,21)11-15)17-14(19)10-18(2)9-12-3-5-13(16)6-4-12/h3-6H,7-11H2,1-2H3,(H,17,19)/p+1/t15-/m0/s1. The predicted octanol–water partition coefficient (Wildman–Crippen LogP) is 0.157. The number of halogens is 1. The van der Waals surface area contributed by atoms with Crippen molar-refractivity contribution in [2.24, 2.45) is 0 Å². The summed E-state index contributed by atoms with van der Waals surface area (Å²) in [6.07, 6.45) is 0.493. The summed E-state index contributed by atoms with van der Waals surface area (Å²) in [5.41, 5.74) is 0.538. The van der Waals surface area contributed by atoms with Crippen LogP contribution in [-0.4, -0.2) is 45.0 Å². The second-order valence-electron chi connectivity index (χ2n) is 6.39. The SMILES string of the molecule is C[NH+](CC(=O)N[C@@]1(C)CCS(=O)(=O)C1)Cc1ccc(Br)cc1. The van der Waals surface area contributed by atoms with Gasteiger partial charge in [-0.2, -0.15) is 0 Å². The molecule has 0 aliphatic carbocycles. The molecule has 1 fully saturated rings. The van der Waals surface area contributed by atoms with Crippen molar-refractivity contribution in [1.82, 2.24) is 5.32 Å². The molecule has 2 N–H and O–H groups in total. The molecular formula is C15H22BrN2O3S+. The van der Waals surface area contributed by atoms with Crippen molar-refractivity contribution in [1.29, 1.82) is 0 Å². The number of benzene rings is 1. The Morgan fingerprint density at radius 2 is 2.00 bits per heavy atom. The monoisotopic (exact) mass is 389 g/mol. The number of hydrogen-bond acceptors (Lipinski definition) is 3. The largest absolute Gasteiger partial charge is 0.345 e. The van der Waals surface area contributed by atoms with Gasteiger partial charge in [-0.25, -0.2) is 8.42 Å². The maximum atomic E-state index is 12.1. The van der Waals surface area contributed by atoms with E-state index in [1.165, 1.54) is 0 Å². The van der Waals surface area contributed by atoms with Crippen molar-refractivity contribution in [3.63, 3.8) is 0 Å². The third-order valence-electron chi connectivity index (χ3n) is 3.83. The molecule has 0 spiro atoms. The van der Waals surface area contributed by atoms with Crippen molar-refractivity contribution in [2.45, 2.75) is 25.4 Å². The van der Waals surface area contributed by atoms with Crippen molar-refractivity contribution in [2.75, 3.05) is 25.1 Å². The van der Waals surface area contributed by atoms with Crippen LogP contribution >= 0.6 is 15.9 Å². The Labute approximate surface area is 140 Å². The van der Waals surface area contributed by atoms with Gasteiger partial charge in [0.25, 0.3) is 5.91 Å². The highest BCUT2D eigenvalue weighted by molar-refractivity contribution is 9.10. The van der Waals surface area contributed by atoms with Crippen LogP contribution in [-0.2, 0) is 21.2 Å². The summed E-state index contributed by atoms with van der Waals surface area (Å²) in [6.45, 7) is 2.88. The van der Waals surface area contributed by atoms with Crippen molar-refractivity contribution in [3.05, 3.63) is 34.3 Å². The Bertz CT molecular complexity index is 645. The van der Waals surface area contributed by atoms with Crippen LogP contribution in [0.4, 0.5) is 0 Å². The van der Waals surface area contributed by atoms with Crippen molar-refractivity contribution in [3.8, 4) is 0 Å². The molecule has 1 aliphatic rings. The molecule has 0 saturated carbocycles. The predicted molar refractivity (Wildman–Crippen MR) is 89.4 cm³/mol. The van der Waals surface area contributed by atoms with Crippen LogP contribution in [0.2, 0.25) is 0 Å². The molecule has 0 radical (unpaired) electrons. The highest BCUT2D eigenvalue weighted by Gasteiger charge is 2.39. The summed E-state index contributed by atoms with van der Waals surface area (Å²) >= 11 is 3.40. The van der Waals surface area contributed by atoms with Gasteiger partial charge in [-0.05, 0) is 25.5 Å². The lowest BCUT2D eigenvalue weighted by atomic mass is 10.0. The van der Waals surface area contributed by atoms with Gasteiger partial charge in [-0.3, -0.25) is 4.79 Å². The molecule has 122 valence electrons. The van der Waals surface area contributed by atoms with E-state index < -0.39 is 15.4 Å². The molecule has 2 atom stereocenters. The molecule has 1 aromatic rings. The lowest BCUT2D eigenvalue weighted by molar-refractivity contribution is -0.885. The lowest BCUT2D eigenvalue weighted by Gasteiger charge is -2.24. The maximum Gasteiger partial charge on any atom is 0.275 e. The molecule has 1 saturated heterocycles. The van der Waals surface area contributed by atoms with Crippen molar-refractivity contribution >= 4 is 31.7 Å². The highest BCUT2D eigenvalue weighted by Crippen LogP contribution is 2.22. The highest BCUT2D eigenvalue weighted by atomic mass is 79.9. The van der Waals surface area contributed by atoms with Crippen molar-refractivity contribution < 1.29 is 18.1 Å². The van der Waals surface area contributed by atoms with Gasteiger partial charge in [-0.1, -0.05) is 28.1 Å². The van der Waals surface area contributed by atoms with Gasteiger partial charge < -0.3 is 10.2 Å². The van der Waals surface area contributed by atoms with Gasteiger partial charge >= 0.3 is 0 Å². The fraction of sp³-hybridized carbons (Fsp3) is 0.533. The van der Waals surface area contributed by atoms with E-state index in [1.54, 1.807) is 6.92 Å². The Kier molecular flexibility index (Phi) is 5.29. The summed E-state index contributed by atoms with van der Waals surface area (Å²) in [6, 6.07) is 8.01. The topological polar surface area (TPSA) is 67.7 Å².